The van der Waals surface area contributed by atoms with Crippen LogP contribution in [-0.2, 0) is 10.0 Å². The molecule has 0 radical (unpaired) electrons. The van der Waals surface area contributed by atoms with Crippen LogP contribution in [-0.4, -0.2) is 25.4 Å². The molecule has 0 aliphatic heterocycles. The van der Waals surface area contributed by atoms with Crippen molar-refractivity contribution in [1.29, 1.82) is 0 Å². The first kappa shape index (κ1) is 22.2. The number of carbonyl (C=O) groups excluding carboxylic acids is 1. The third kappa shape index (κ3) is 5.79. The highest BCUT2D eigenvalue weighted by atomic mass is 32.2. The Hall–Kier alpha value is -3.46. The number of hydrogen-bond donors (Lipinski definition) is 2. The number of benzene rings is 2. The molecule has 0 aliphatic rings. The van der Waals surface area contributed by atoms with Crippen molar-refractivity contribution in [2.45, 2.75) is 31.2 Å². The number of amides is 1. The maximum absolute atomic E-state index is 13.0. The zero-order chi connectivity index (χ0) is 22.4. The number of pyridine rings is 1. The fourth-order valence-corrected chi connectivity index (χ4v) is 3.64. The number of ether oxygens (including phenoxy) is 1. The Kier molecular flexibility index (Phi) is 6.86. The first-order valence-corrected chi connectivity index (χ1v) is 11.1. The van der Waals surface area contributed by atoms with Gasteiger partial charge >= 0.3 is 0 Å². The Morgan fingerprint density at radius 3 is 2.42 bits per heavy atom. The van der Waals surface area contributed by atoms with Gasteiger partial charge in [-0.15, -0.1) is 0 Å². The molecule has 3 aromatic rings. The summed E-state index contributed by atoms with van der Waals surface area (Å²) in [6, 6.07) is 13.9. The van der Waals surface area contributed by atoms with E-state index in [2.05, 4.69) is 15.0 Å². The molecule has 0 spiro atoms. The fourth-order valence-electron chi connectivity index (χ4n) is 2.58. The summed E-state index contributed by atoms with van der Waals surface area (Å²) >= 11 is 0. The SMILES string of the molecule is CC[C@@H](C)NC(=O)c1cccnc1Oc1ccc(NS(=O)(=O)c2ccc(F)cc2)cc1. The highest BCUT2D eigenvalue weighted by Gasteiger charge is 2.17. The summed E-state index contributed by atoms with van der Waals surface area (Å²) < 4.78 is 46.0. The van der Waals surface area contributed by atoms with Crippen molar-refractivity contribution in [2.24, 2.45) is 0 Å². The molecular formula is C22H22FN3O4S. The minimum Gasteiger partial charge on any atom is -0.438 e. The monoisotopic (exact) mass is 443 g/mol. The number of anilines is 1. The average molecular weight is 444 g/mol. The quantitative estimate of drug-likeness (QED) is 0.540. The van der Waals surface area contributed by atoms with E-state index in [1.54, 1.807) is 24.3 Å². The molecule has 31 heavy (non-hydrogen) atoms. The minimum absolute atomic E-state index is 0.00831. The van der Waals surface area contributed by atoms with E-state index in [-0.39, 0.29) is 22.7 Å². The second-order valence-electron chi connectivity index (χ2n) is 6.82. The van der Waals surface area contributed by atoms with E-state index in [1.807, 2.05) is 13.8 Å². The number of aromatic nitrogens is 1. The molecule has 0 saturated heterocycles. The Morgan fingerprint density at radius 2 is 1.77 bits per heavy atom. The molecule has 1 heterocycles. The van der Waals surface area contributed by atoms with Crippen molar-refractivity contribution in [1.82, 2.24) is 10.3 Å². The van der Waals surface area contributed by atoms with Crippen LogP contribution < -0.4 is 14.8 Å². The molecule has 2 aromatic carbocycles. The zero-order valence-corrected chi connectivity index (χ0v) is 17.8. The van der Waals surface area contributed by atoms with Gasteiger partial charge in [0.15, 0.2) is 0 Å². The van der Waals surface area contributed by atoms with Crippen molar-refractivity contribution in [3.05, 3.63) is 78.2 Å². The lowest BCUT2D eigenvalue weighted by atomic mass is 10.2. The third-order valence-electron chi connectivity index (χ3n) is 4.45. The van der Waals surface area contributed by atoms with Gasteiger partial charge in [0.05, 0.1) is 4.90 Å². The summed E-state index contributed by atoms with van der Waals surface area (Å²) in [7, 11) is -3.86. The highest BCUT2D eigenvalue weighted by molar-refractivity contribution is 7.92. The van der Waals surface area contributed by atoms with Crippen LogP contribution in [0.4, 0.5) is 10.1 Å². The fraction of sp³-hybridized carbons (Fsp3) is 0.182. The van der Waals surface area contributed by atoms with Crippen molar-refractivity contribution in [3.63, 3.8) is 0 Å². The molecule has 0 unspecified atom stereocenters. The van der Waals surface area contributed by atoms with Crippen LogP contribution >= 0.6 is 0 Å². The topological polar surface area (TPSA) is 97.4 Å². The summed E-state index contributed by atoms with van der Waals surface area (Å²) in [6.07, 6.45) is 2.30. The number of hydrogen-bond acceptors (Lipinski definition) is 5. The molecule has 0 saturated carbocycles. The zero-order valence-electron chi connectivity index (χ0n) is 17.0. The molecule has 1 aromatic heterocycles. The predicted octanol–water partition coefficient (Wildman–Crippen LogP) is 4.34. The van der Waals surface area contributed by atoms with Crippen molar-refractivity contribution < 1.29 is 22.3 Å². The van der Waals surface area contributed by atoms with Crippen molar-refractivity contribution in [3.8, 4) is 11.6 Å². The number of halogens is 1. The maximum Gasteiger partial charge on any atom is 0.261 e. The Balaban J connectivity index is 1.73. The van der Waals surface area contributed by atoms with Crippen molar-refractivity contribution >= 4 is 21.6 Å². The van der Waals surface area contributed by atoms with Crippen LogP contribution in [0, 0.1) is 5.82 Å². The van der Waals surface area contributed by atoms with E-state index in [4.69, 9.17) is 4.74 Å². The van der Waals surface area contributed by atoms with Crippen LogP contribution in [0.25, 0.3) is 0 Å². The molecule has 1 amide bonds. The lowest BCUT2D eigenvalue weighted by Gasteiger charge is -2.14. The number of sulfonamides is 1. The average Bonchev–Trinajstić information content (AvgIpc) is 2.75. The number of rotatable bonds is 8. The summed E-state index contributed by atoms with van der Waals surface area (Å²) in [4.78, 5) is 16.5. The standard InChI is InChI=1S/C22H22FN3O4S/c1-3-15(2)25-21(27)20-5-4-14-24-22(20)30-18-10-8-17(9-11-18)26-31(28,29)19-12-6-16(23)7-13-19/h4-15,26H,3H2,1-2H3,(H,25,27)/t15-/m1/s1. The number of carbonyl (C=O) groups is 1. The van der Waals surface area contributed by atoms with Gasteiger partial charge in [-0.2, -0.15) is 0 Å². The molecule has 0 bridgehead atoms. The molecule has 0 fully saturated rings. The molecule has 162 valence electrons. The second-order valence-corrected chi connectivity index (χ2v) is 8.51. The second kappa shape index (κ2) is 9.57. The Bertz CT molecular complexity index is 1150. The summed E-state index contributed by atoms with van der Waals surface area (Å²) in [5.74, 6) is -0.294. The van der Waals surface area contributed by atoms with E-state index in [1.165, 1.54) is 30.5 Å². The molecule has 1 atom stereocenters. The van der Waals surface area contributed by atoms with Crippen LogP contribution in [0.5, 0.6) is 11.6 Å². The van der Waals surface area contributed by atoms with Gasteiger partial charge in [-0.3, -0.25) is 9.52 Å². The molecule has 2 N–H and O–H groups in total. The van der Waals surface area contributed by atoms with Gasteiger partial charge in [0.1, 0.15) is 17.1 Å². The highest BCUT2D eigenvalue weighted by Crippen LogP contribution is 2.25. The smallest absolute Gasteiger partial charge is 0.261 e. The maximum atomic E-state index is 13.0. The lowest BCUT2D eigenvalue weighted by Crippen LogP contribution is -2.32. The van der Waals surface area contributed by atoms with E-state index < -0.39 is 15.8 Å². The van der Waals surface area contributed by atoms with Gasteiger partial charge in [0.2, 0.25) is 5.88 Å². The van der Waals surface area contributed by atoms with E-state index in [0.29, 0.717) is 17.0 Å². The summed E-state index contributed by atoms with van der Waals surface area (Å²) in [5, 5.41) is 2.87. The molecule has 0 aliphatic carbocycles. The van der Waals surface area contributed by atoms with Crippen LogP contribution in [0.3, 0.4) is 0 Å². The van der Waals surface area contributed by atoms with Gasteiger partial charge in [-0.1, -0.05) is 6.92 Å². The van der Waals surface area contributed by atoms with Gasteiger partial charge in [0.25, 0.3) is 15.9 Å². The third-order valence-corrected chi connectivity index (χ3v) is 5.85. The Labute approximate surface area is 180 Å². The minimum atomic E-state index is -3.86. The van der Waals surface area contributed by atoms with Crippen LogP contribution in [0.15, 0.2) is 71.8 Å². The van der Waals surface area contributed by atoms with Gasteiger partial charge in [-0.05, 0) is 74.0 Å². The first-order valence-electron chi connectivity index (χ1n) is 9.60. The lowest BCUT2D eigenvalue weighted by molar-refractivity contribution is 0.0936. The van der Waals surface area contributed by atoms with E-state index in [0.717, 1.165) is 18.6 Å². The van der Waals surface area contributed by atoms with Crippen molar-refractivity contribution in [2.75, 3.05) is 4.72 Å². The normalized spacial score (nSPS) is 12.1. The van der Waals surface area contributed by atoms with E-state index >= 15 is 0 Å². The molecular weight excluding hydrogens is 421 g/mol. The van der Waals surface area contributed by atoms with E-state index in [9.17, 15) is 17.6 Å². The van der Waals surface area contributed by atoms with Crippen LogP contribution in [0.1, 0.15) is 30.6 Å². The first-order chi connectivity index (χ1) is 14.8. The summed E-state index contributed by atoms with van der Waals surface area (Å²) in [6.45, 7) is 3.87. The molecule has 9 heteroatoms. The Morgan fingerprint density at radius 1 is 1.10 bits per heavy atom. The largest absolute Gasteiger partial charge is 0.438 e. The number of nitrogens with one attached hydrogen (secondary N) is 2. The van der Waals surface area contributed by atoms with Gasteiger partial charge in [0, 0.05) is 17.9 Å². The predicted molar refractivity (Wildman–Crippen MR) is 115 cm³/mol. The molecule has 3 rings (SSSR count). The summed E-state index contributed by atoms with van der Waals surface area (Å²) in [5.41, 5.74) is 0.594. The number of nitrogens with zero attached hydrogens (tertiary/aromatic N) is 1. The van der Waals surface area contributed by atoms with Gasteiger partial charge in [-0.25, -0.2) is 17.8 Å². The van der Waals surface area contributed by atoms with Gasteiger partial charge < -0.3 is 10.1 Å². The van der Waals surface area contributed by atoms with Crippen LogP contribution in [0.2, 0.25) is 0 Å². The molecule has 7 nitrogen and oxygen atoms in total.